The Morgan fingerprint density at radius 1 is 1.38 bits per heavy atom. The smallest absolute Gasteiger partial charge is 0.312 e. The van der Waals surface area contributed by atoms with E-state index in [4.69, 9.17) is 9.47 Å². The molecule has 0 aromatic carbocycles. The molecule has 0 saturated carbocycles. The van der Waals surface area contributed by atoms with Crippen molar-refractivity contribution >= 4 is 5.97 Å². The van der Waals surface area contributed by atoms with Gasteiger partial charge in [-0.3, -0.25) is 4.79 Å². The lowest BCUT2D eigenvalue weighted by molar-refractivity contribution is -0.167. The Morgan fingerprint density at radius 2 is 1.94 bits per heavy atom. The molecule has 4 nitrogen and oxygen atoms in total. The second-order valence-electron chi connectivity index (χ2n) is 4.36. The van der Waals surface area contributed by atoms with E-state index >= 15 is 0 Å². The van der Waals surface area contributed by atoms with E-state index in [9.17, 15) is 9.90 Å². The summed E-state index contributed by atoms with van der Waals surface area (Å²) in [5, 5.41) is 10.4. The fourth-order valence-corrected chi connectivity index (χ4v) is 2.01. The number of methoxy groups -OCH3 is 1. The van der Waals surface area contributed by atoms with Gasteiger partial charge in [0, 0.05) is 7.11 Å². The van der Waals surface area contributed by atoms with Crippen LogP contribution < -0.4 is 0 Å². The average Bonchev–Trinajstić information content (AvgIpc) is 2.18. The molecule has 0 saturated heterocycles. The summed E-state index contributed by atoms with van der Waals surface area (Å²) in [5.74, 6) is -0.879. The standard InChI is InChI=1S/C12H24O4/c1-6-12(14,8-15-5)10(9(3)4)11(13)16-7-2/h9-10,14H,6-8H2,1-5H3. The van der Waals surface area contributed by atoms with Gasteiger partial charge in [0.1, 0.15) is 5.60 Å². The van der Waals surface area contributed by atoms with Gasteiger partial charge in [0.15, 0.2) is 0 Å². The van der Waals surface area contributed by atoms with Gasteiger partial charge in [0.25, 0.3) is 0 Å². The van der Waals surface area contributed by atoms with Crippen LogP contribution in [0.4, 0.5) is 0 Å². The Labute approximate surface area is 97.9 Å². The molecule has 96 valence electrons. The van der Waals surface area contributed by atoms with Crippen LogP contribution in [0.25, 0.3) is 0 Å². The predicted molar refractivity (Wildman–Crippen MR) is 62.1 cm³/mol. The minimum atomic E-state index is -1.14. The molecule has 1 N–H and O–H groups in total. The Hall–Kier alpha value is -0.610. The zero-order chi connectivity index (χ0) is 12.8. The quantitative estimate of drug-likeness (QED) is 0.677. The van der Waals surface area contributed by atoms with Crippen LogP contribution in [0.15, 0.2) is 0 Å². The van der Waals surface area contributed by atoms with Crippen molar-refractivity contribution in [3.8, 4) is 0 Å². The molecule has 2 atom stereocenters. The highest BCUT2D eigenvalue weighted by atomic mass is 16.5. The number of hydrogen-bond acceptors (Lipinski definition) is 4. The van der Waals surface area contributed by atoms with Crippen molar-refractivity contribution < 1.29 is 19.4 Å². The highest BCUT2D eigenvalue weighted by Crippen LogP contribution is 2.29. The van der Waals surface area contributed by atoms with Gasteiger partial charge < -0.3 is 14.6 Å². The predicted octanol–water partition coefficient (Wildman–Crippen LogP) is 1.61. The molecule has 0 aliphatic heterocycles. The minimum absolute atomic E-state index is 0.0131. The van der Waals surface area contributed by atoms with Crippen LogP contribution >= 0.6 is 0 Å². The summed E-state index contributed by atoms with van der Waals surface area (Å²) in [6.07, 6.45) is 0.461. The molecule has 0 bridgehead atoms. The van der Waals surface area contributed by atoms with E-state index in [1.807, 2.05) is 20.8 Å². The lowest BCUT2D eigenvalue weighted by Crippen LogP contribution is -2.48. The molecule has 0 aliphatic carbocycles. The Kier molecular flexibility index (Phi) is 6.60. The fourth-order valence-electron chi connectivity index (χ4n) is 2.01. The molecule has 0 radical (unpaired) electrons. The summed E-state index contributed by atoms with van der Waals surface area (Å²) in [5.41, 5.74) is -1.14. The van der Waals surface area contributed by atoms with Gasteiger partial charge in [0.05, 0.1) is 19.1 Å². The first kappa shape index (κ1) is 15.4. The maximum Gasteiger partial charge on any atom is 0.312 e. The van der Waals surface area contributed by atoms with E-state index in [0.717, 1.165) is 0 Å². The Bertz CT molecular complexity index is 215. The van der Waals surface area contributed by atoms with Crippen molar-refractivity contribution in [2.45, 2.75) is 39.7 Å². The van der Waals surface area contributed by atoms with E-state index in [0.29, 0.717) is 13.0 Å². The van der Waals surface area contributed by atoms with Gasteiger partial charge in [-0.2, -0.15) is 0 Å². The van der Waals surface area contributed by atoms with E-state index in [1.54, 1.807) is 6.92 Å². The van der Waals surface area contributed by atoms with Gasteiger partial charge in [-0.1, -0.05) is 20.8 Å². The van der Waals surface area contributed by atoms with Crippen LogP contribution in [0.1, 0.15) is 34.1 Å². The summed E-state index contributed by atoms with van der Waals surface area (Å²) >= 11 is 0. The normalized spacial score (nSPS) is 16.9. The van der Waals surface area contributed by atoms with Crippen molar-refractivity contribution in [1.29, 1.82) is 0 Å². The largest absolute Gasteiger partial charge is 0.466 e. The molecule has 0 aliphatic rings. The summed E-state index contributed by atoms with van der Waals surface area (Å²) in [6.45, 7) is 7.87. The molecule has 16 heavy (non-hydrogen) atoms. The molecule has 0 heterocycles. The maximum atomic E-state index is 11.8. The number of carbonyl (C=O) groups excluding carboxylic acids is 1. The molecule has 0 rings (SSSR count). The first-order valence-electron chi connectivity index (χ1n) is 5.80. The Morgan fingerprint density at radius 3 is 2.25 bits per heavy atom. The molecular weight excluding hydrogens is 208 g/mol. The van der Waals surface area contributed by atoms with Gasteiger partial charge >= 0.3 is 5.97 Å². The summed E-state index contributed by atoms with van der Waals surface area (Å²) < 4.78 is 10.0. The molecule has 0 aromatic heterocycles. The summed E-state index contributed by atoms with van der Waals surface area (Å²) in [4.78, 5) is 11.8. The zero-order valence-electron chi connectivity index (χ0n) is 10.9. The van der Waals surface area contributed by atoms with Gasteiger partial charge in [0.2, 0.25) is 0 Å². The second kappa shape index (κ2) is 6.86. The third-order valence-corrected chi connectivity index (χ3v) is 2.79. The topological polar surface area (TPSA) is 55.8 Å². The molecule has 4 heteroatoms. The van der Waals surface area contributed by atoms with Crippen LogP contribution in [0, 0.1) is 11.8 Å². The monoisotopic (exact) mass is 232 g/mol. The van der Waals surface area contributed by atoms with Gasteiger partial charge in [-0.05, 0) is 19.3 Å². The first-order valence-corrected chi connectivity index (χ1v) is 5.80. The summed E-state index contributed by atoms with van der Waals surface area (Å²) in [6, 6.07) is 0. The van der Waals surface area contributed by atoms with Gasteiger partial charge in [-0.25, -0.2) is 0 Å². The van der Waals surface area contributed by atoms with Gasteiger partial charge in [-0.15, -0.1) is 0 Å². The minimum Gasteiger partial charge on any atom is -0.466 e. The van der Waals surface area contributed by atoms with E-state index in [1.165, 1.54) is 7.11 Å². The number of carbonyl (C=O) groups is 1. The molecule has 0 spiro atoms. The summed E-state index contributed by atoms with van der Waals surface area (Å²) in [7, 11) is 1.52. The number of aliphatic hydroxyl groups is 1. The fraction of sp³-hybridized carbons (Fsp3) is 0.917. The Balaban J connectivity index is 4.92. The highest BCUT2D eigenvalue weighted by Gasteiger charge is 2.43. The number of ether oxygens (including phenoxy) is 2. The van der Waals surface area contributed by atoms with Crippen LogP contribution in [0.3, 0.4) is 0 Å². The first-order chi connectivity index (χ1) is 7.42. The lowest BCUT2D eigenvalue weighted by atomic mass is 9.78. The maximum absolute atomic E-state index is 11.8. The molecule has 0 amide bonds. The number of hydrogen-bond donors (Lipinski definition) is 1. The number of esters is 1. The van der Waals surface area contributed by atoms with E-state index < -0.39 is 11.5 Å². The van der Waals surface area contributed by atoms with Crippen molar-refractivity contribution in [1.82, 2.24) is 0 Å². The highest BCUT2D eigenvalue weighted by molar-refractivity contribution is 5.74. The van der Waals surface area contributed by atoms with Crippen LogP contribution in [-0.2, 0) is 14.3 Å². The number of rotatable bonds is 7. The zero-order valence-corrected chi connectivity index (χ0v) is 10.9. The molecule has 0 fully saturated rings. The van der Waals surface area contributed by atoms with Crippen molar-refractivity contribution in [2.75, 3.05) is 20.3 Å². The van der Waals surface area contributed by atoms with Crippen LogP contribution in [0.2, 0.25) is 0 Å². The van der Waals surface area contributed by atoms with Crippen LogP contribution in [0.5, 0.6) is 0 Å². The third kappa shape index (κ3) is 3.76. The lowest BCUT2D eigenvalue weighted by Gasteiger charge is -2.35. The van der Waals surface area contributed by atoms with Crippen LogP contribution in [-0.4, -0.2) is 37.0 Å². The van der Waals surface area contributed by atoms with Crippen molar-refractivity contribution in [3.05, 3.63) is 0 Å². The van der Waals surface area contributed by atoms with E-state index in [2.05, 4.69) is 0 Å². The third-order valence-electron chi connectivity index (χ3n) is 2.79. The van der Waals surface area contributed by atoms with Crippen molar-refractivity contribution in [2.24, 2.45) is 11.8 Å². The second-order valence-corrected chi connectivity index (χ2v) is 4.36. The molecule has 2 unspecified atom stereocenters. The van der Waals surface area contributed by atoms with Crippen molar-refractivity contribution in [3.63, 3.8) is 0 Å². The molecular formula is C12H24O4. The SMILES string of the molecule is CCOC(=O)C(C(C)C)C(O)(CC)COC. The molecule has 0 aromatic rings. The van der Waals surface area contributed by atoms with E-state index in [-0.39, 0.29) is 18.5 Å². The average molecular weight is 232 g/mol.